The minimum Gasteiger partial charge on any atom is -0.455 e. The first-order valence-electron chi connectivity index (χ1n) is 20.8. The highest BCUT2D eigenvalue weighted by Crippen LogP contribution is 2.41. The van der Waals surface area contributed by atoms with Crippen molar-refractivity contribution in [3.63, 3.8) is 0 Å². The Morgan fingerprint density at radius 3 is 1.55 bits per heavy atom. The predicted molar refractivity (Wildman–Crippen MR) is 254 cm³/mol. The maximum Gasteiger partial charge on any atom is 0.167 e. The Morgan fingerprint density at radius 2 is 0.823 bits per heavy atom. The average Bonchev–Trinajstić information content (AvgIpc) is 3.89. The van der Waals surface area contributed by atoms with Gasteiger partial charge in [0.25, 0.3) is 0 Å². The quantitative estimate of drug-likeness (QED) is 0.161. The Morgan fingerprint density at radius 1 is 0.306 bits per heavy atom. The van der Waals surface area contributed by atoms with E-state index >= 15 is 0 Å². The average molecular weight is 793 g/mol. The molecule has 0 N–H and O–H groups in total. The molecule has 0 aliphatic rings. The molecule has 12 rings (SSSR count). The smallest absolute Gasteiger partial charge is 0.167 e. The highest BCUT2D eigenvalue weighted by Gasteiger charge is 2.21. The van der Waals surface area contributed by atoms with Crippen LogP contribution in [-0.2, 0) is 0 Å². The minimum atomic E-state index is 0.546. The summed E-state index contributed by atoms with van der Waals surface area (Å²) < 4.78 is 9.28. The van der Waals surface area contributed by atoms with Crippen molar-refractivity contribution in [3.05, 3.63) is 218 Å². The molecule has 0 bridgehead atoms. The van der Waals surface area contributed by atoms with Crippen LogP contribution in [0.15, 0.2) is 223 Å². The summed E-state index contributed by atoms with van der Waals surface area (Å²) in [5, 5.41) is 4.31. The van der Waals surface area contributed by atoms with E-state index in [1.807, 2.05) is 12.1 Å². The molecule has 5 heteroatoms. The first-order chi connectivity index (χ1) is 30.7. The molecule has 12 aromatic rings. The van der Waals surface area contributed by atoms with Gasteiger partial charge < -0.3 is 8.98 Å². The first-order valence-corrected chi connectivity index (χ1v) is 20.8. The fourth-order valence-electron chi connectivity index (χ4n) is 8.83. The number of aromatic nitrogens is 4. The molecular weight excluding hydrogens is 757 g/mol. The van der Waals surface area contributed by atoms with E-state index < -0.39 is 0 Å². The molecule has 0 amide bonds. The molecule has 0 fully saturated rings. The van der Waals surface area contributed by atoms with Crippen LogP contribution in [0.5, 0.6) is 0 Å². The van der Waals surface area contributed by atoms with E-state index in [1.54, 1.807) is 0 Å². The summed E-state index contributed by atoms with van der Waals surface area (Å²) >= 11 is 0. The molecule has 5 nitrogen and oxygen atoms in total. The van der Waals surface area contributed by atoms with E-state index in [4.69, 9.17) is 19.4 Å². The van der Waals surface area contributed by atoms with Crippen LogP contribution in [0.2, 0.25) is 0 Å². The third kappa shape index (κ3) is 6.14. The monoisotopic (exact) mass is 792 g/mol. The van der Waals surface area contributed by atoms with Gasteiger partial charge in [-0.3, -0.25) is 0 Å². The van der Waals surface area contributed by atoms with Crippen molar-refractivity contribution in [2.75, 3.05) is 0 Å². The summed E-state index contributed by atoms with van der Waals surface area (Å²) in [6.07, 6.45) is 0. The molecule has 3 aromatic heterocycles. The van der Waals surface area contributed by atoms with Crippen molar-refractivity contribution in [2.45, 2.75) is 0 Å². The van der Waals surface area contributed by atoms with Gasteiger partial charge in [0, 0.05) is 38.4 Å². The maximum absolute atomic E-state index is 6.91. The van der Waals surface area contributed by atoms with Crippen molar-refractivity contribution in [2.24, 2.45) is 0 Å². The number of furan rings is 1. The van der Waals surface area contributed by atoms with Gasteiger partial charge in [-0.2, -0.15) is 0 Å². The maximum atomic E-state index is 6.91. The van der Waals surface area contributed by atoms with Gasteiger partial charge in [-0.05, 0) is 75.8 Å². The molecule has 0 aliphatic carbocycles. The van der Waals surface area contributed by atoms with E-state index in [1.165, 1.54) is 11.1 Å². The zero-order valence-electron chi connectivity index (χ0n) is 33.5. The molecule has 0 saturated heterocycles. The van der Waals surface area contributed by atoms with Crippen molar-refractivity contribution in [3.8, 4) is 73.2 Å². The lowest BCUT2D eigenvalue weighted by Crippen LogP contribution is -2.00. The summed E-state index contributed by atoms with van der Waals surface area (Å²) in [5.41, 5.74) is 14.4. The van der Waals surface area contributed by atoms with Gasteiger partial charge in [0.1, 0.15) is 11.2 Å². The summed E-state index contributed by atoms with van der Waals surface area (Å²) in [6, 6.07) is 76.3. The van der Waals surface area contributed by atoms with Crippen LogP contribution in [0.1, 0.15) is 0 Å². The standard InChI is InChI=1S/C57H36N4O/c1-4-15-37(16-5-1)40-29-31-41(32-30-40)55-58-56(44-23-12-21-42(33-44)38-17-6-2-7-18-38)60-57(59-55)48-27-14-26-47-50-35-52-49(36-53(50)62-54(47)48)46-25-10-11-28-51(46)61(52)45-24-13-22-43(34-45)39-19-8-3-9-20-39/h1-36H. The molecule has 0 atom stereocenters. The van der Waals surface area contributed by atoms with Crippen LogP contribution in [0.25, 0.3) is 117 Å². The summed E-state index contributed by atoms with van der Waals surface area (Å²) in [7, 11) is 0. The van der Waals surface area contributed by atoms with Crippen molar-refractivity contribution >= 4 is 43.7 Å². The van der Waals surface area contributed by atoms with Crippen LogP contribution < -0.4 is 0 Å². The van der Waals surface area contributed by atoms with Crippen LogP contribution in [-0.4, -0.2) is 19.5 Å². The number of hydrogen-bond donors (Lipinski definition) is 0. The van der Waals surface area contributed by atoms with E-state index in [-0.39, 0.29) is 0 Å². The molecular formula is C57H36N4O. The Labute approximate surface area is 357 Å². The molecule has 0 spiro atoms. The summed E-state index contributed by atoms with van der Waals surface area (Å²) in [6.45, 7) is 0. The SMILES string of the molecule is c1ccc(-c2ccc(-c3nc(-c4cccc(-c5ccccc5)c4)nc(-c4cccc5c4oc4cc6c7ccccc7n(-c7cccc(-c8ccccc8)c7)c6cc45)n3)cc2)cc1. The third-order valence-electron chi connectivity index (χ3n) is 11.9. The van der Waals surface area contributed by atoms with E-state index in [9.17, 15) is 0 Å². The van der Waals surface area contributed by atoms with Gasteiger partial charge in [0.2, 0.25) is 0 Å². The highest BCUT2D eigenvalue weighted by molar-refractivity contribution is 6.18. The lowest BCUT2D eigenvalue weighted by molar-refractivity contribution is 0.670. The van der Waals surface area contributed by atoms with Gasteiger partial charge >= 0.3 is 0 Å². The second kappa shape index (κ2) is 14.7. The van der Waals surface area contributed by atoms with Gasteiger partial charge in [-0.15, -0.1) is 0 Å². The Kier molecular flexibility index (Phi) is 8.42. The van der Waals surface area contributed by atoms with E-state index in [0.29, 0.717) is 17.5 Å². The number of nitrogens with zero attached hydrogens (tertiary/aromatic N) is 4. The van der Waals surface area contributed by atoms with Gasteiger partial charge in [0.15, 0.2) is 17.5 Å². The minimum absolute atomic E-state index is 0.546. The number of para-hydroxylation sites is 2. The van der Waals surface area contributed by atoms with E-state index in [0.717, 1.165) is 88.4 Å². The zero-order chi connectivity index (χ0) is 41.0. The molecule has 62 heavy (non-hydrogen) atoms. The highest BCUT2D eigenvalue weighted by atomic mass is 16.3. The lowest BCUT2D eigenvalue weighted by atomic mass is 10.0. The number of hydrogen-bond acceptors (Lipinski definition) is 4. The van der Waals surface area contributed by atoms with E-state index in [2.05, 4.69) is 211 Å². The number of benzene rings is 9. The first kappa shape index (κ1) is 35.5. The van der Waals surface area contributed by atoms with Crippen molar-refractivity contribution < 1.29 is 4.42 Å². The molecule has 0 radical (unpaired) electrons. The Balaban J connectivity index is 1.04. The fraction of sp³-hybridized carbons (Fsp3) is 0. The zero-order valence-corrected chi connectivity index (χ0v) is 33.5. The molecule has 3 heterocycles. The summed E-state index contributed by atoms with van der Waals surface area (Å²) in [5.74, 6) is 1.72. The molecule has 9 aromatic carbocycles. The molecule has 0 aliphatic heterocycles. The fourth-order valence-corrected chi connectivity index (χ4v) is 8.83. The molecule has 0 unspecified atom stereocenters. The second-order valence-corrected chi connectivity index (χ2v) is 15.6. The molecule has 0 saturated carbocycles. The normalized spacial score (nSPS) is 11.5. The van der Waals surface area contributed by atoms with Crippen molar-refractivity contribution in [1.29, 1.82) is 0 Å². The van der Waals surface area contributed by atoms with Crippen LogP contribution >= 0.6 is 0 Å². The van der Waals surface area contributed by atoms with Crippen molar-refractivity contribution in [1.82, 2.24) is 19.5 Å². The Hall–Kier alpha value is -8.41. The van der Waals surface area contributed by atoms with Gasteiger partial charge in [-0.25, -0.2) is 15.0 Å². The molecule has 290 valence electrons. The third-order valence-corrected chi connectivity index (χ3v) is 11.9. The topological polar surface area (TPSA) is 56.7 Å². The second-order valence-electron chi connectivity index (χ2n) is 15.6. The number of rotatable bonds is 7. The van der Waals surface area contributed by atoms with Crippen LogP contribution in [0.4, 0.5) is 0 Å². The predicted octanol–water partition coefficient (Wildman–Crippen LogP) is 14.9. The summed E-state index contributed by atoms with van der Waals surface area (Å²) in [4.78, 5) is 15.5. The van der Waals surface area contributed by atoms with Crippen LogP contribution in [0, 0.1) is 0 Å². The van der Waals surface area contributed by atoms with Gasteiger partial charge in [0.05, 0.1) is 16.6 Å². The number of fused-ring (bicyclic) bond motifs is 6. The Bertz CT molecular complexity index is 3610. The largest absolute Gasteiger partial charge is 0.455 e. The van der Waals surface area contributed by atoms with Gasteiger partial charge in [-0.1, -0.05) is 176 Å². The van der Waals surface area contributed by atoms with Crippen LogP contribution in [0.3, 0.4) is 0 Å². The lowest BCUT2D eigenvalue weighted by Gasteiger charge is -2.10.